The van der Waals surface area contributed by atoms with Gasteiger partial charge in [-0.25, -0.2) is 4.57 Å². The molecule has 0 aliphatic heterocycles. The van der Waals surface area contributed by atoms with Crippen LogP contribution in [0.5, 0.6) is 0 Å². The number of pyridine rings is 2. The lowest BCUT2D eigenvalue weighted by atomic mass is 9.96. The number of aromatic nitrogens is 2. The molecule has 0 atom stereocenters. The number of fused-ring (bicyclic) bond motifs is 5. The van der Waals surface area contributed by atoms with Crippen LogP contribution in [0.4, 0.5) is 0 Å². The van der Waals surface area contributed by atoms with Crippen LogP contribution in [-0.2, 0) is 7.05 Å². The van der Waals surface area contributed by atoms with Crippen molar-refractivity contribution in [3.05, 3.63) is 72.6 Å². The number of rotatable bonds is 1. The fraction of sp³-hybridized carbons (Fsp3) is 0.0909. The van der Waals surface area contributed by atoms with Gasteiger partial charge in [0.1, 0.15) is 12.6 Å². The van der Waals surface area contributed by atoms with E-state index in [9.17, 15) is 0 Å². The maximum absolute atomic E-state index is 6.33. The Hall–Kier alpha value is -3.20. The van der Waals surface area contributed by atoms with E-state index >= 15 is 0 Å². The molecule has 0 spiro atoms. The van der Waals surface area contributed by atoms with Crippen LogP contribution >= 0.6 is 0 Å². The molecule has 5 aromatic rings. The van der Waals surface area contributed by atoms with Crippen LogP contribution in [0.3, 0.4) is 0 Å². The first-order chi connectivity index (χ1) is 12.3. The maximum atomic E-state index is 6.33. The van der Waals surface area contributed by atoms with Gasteiger partial charge in [-0.05, 0) is 30.7 Å². The second-order valence-corrected chi connectivity index (χ2v) is 6.40. The highest BCUT2D eigenvalue weighted by Gasteiger charge is 2.23. The van der Waals surface area contributed by atoms with Crippen molar-refractivity contribution >= 4 is 32.8 Å². The summed E-state index contributed by atoms with van der Waals surface area (Å²) in [7, 11) is 2.07. The van der Waals surface area contributed by atoms with E-state index in [4.69, 9.17) is 4.42 Å². The molecular weight excluding hydrogens is 308 g/mol. The van der Waals surface area contributed by atoms with E-state index in [2.05, 4.69) is 54.0 Å². The molecule has 0 N–H and O–H groups in total. The Morgan fingerprint density at radius 2 is 1.72 bits per heavy atom. The molecule has 5 rings (SSSR count). The van der Waals surface area contributed by atoms with Gasteiger partial charge in [0.2, 0.25) is 5.69 Å². The molecule has 0 fully saturated rings. The minimum Gasteiger partial charge on any atom is -0.455 e. The van der Waals surface area contributed by atoms with E-state index in [0.29, 0.717) is 0 Å². The zero-order chi connectivity index (χ0) is 17.0. The fourth-order valence-electron chi connectivity index (χ4n) is 3.76. The average molecular weight is 325 g/mol. The number of hydrogen-bond donors (Lipinski definition) is 0. The fourth-order valence-corrected chi connectivity index (χ4v) is 3.76. The minimum atomic E-state index is 0.898. The first-order valence-corrected chi connectivity index (χ1v) is 8.39. The van der Waals surface area contributed by atoms with E-state index in [1.807, 2.05) is 36.5 Å². The van der Waals surface area contributed by atoms with Crippen molar-refractivity contribution in [2.24, 2.45) is 7.05 Å². The molecule has 120 valence electrons. The SMILES string of the molecule is Cc1c(-c2cccc[n+]2C)c2oc3ccccc3c2c2ncccc12. The van der Waals surface area contributed by atoms with Crippen LogP contribution in [-0.4, -0.2) is 4.98 Å². The van der Waals surface area contributed by atoms with E-state index in [0.717, 1.165) is 38.7 Å². The summed E-state index contributed by atoms with van der Waals surface area (Å²) in [4.78, 5) is 4.68. The molecule has 0 aliphatic carbocycles. The molecule has 0 aliphatic rings. The summed E-state index contributed by atoms with van der Waals surface area (Å²) in [6, 6.07) is 18.6. The third-order valence-electron chi connectivity index (χ3n) is 4.96. The summed E-state index contributed by atoms with van der Waals surface area (Å²) in [6.45, 7) is 2.15. The van der Waals surface area contributed by atoms with Crippen LogP contribution in [0.25, 0.3) is 44.1 Å². The highest BCUT2D eigenvalue weighted by Crippen LogP contribution is 2.41. The number of para-hydroxylation sites is 1. The van der Waals surface area contributed by atoms with Crippen molar-refractivity contribution in [3.8, 4) is 11.3 Å². The van der Waals surface area contributed by atoms with Crippen molar-refractivity contribution in [1.82, 2.24) is 4.98 Å². The third kappa shape index (κ3) is 1.92. The van der Waals surface area contributed by atoms with Gasteiger partial charge in [0.25, 0.3) is 0 Å². The molecule has 2 aromatic carbocycles. The molecule has 0 saturated heterocycles. The quantitative estimate of drug-likeness (QED) is 0.409. The normalized spacial score (nSPS) is 11.6. The Morgan fingerprint density at radius 3 is 2.60 bits per heavy atom. The van der Waals surface area contributed by atoms with Crippen LogP contribution in [0.2, 0.25) is 0 Å². The van der Waals surface area contributed by atoms with Gasteiger partial charge < -0.3 is 4.42 Å². The zero-order valence-corrected chi connectivity index (χ0v) is 14.2. The van der Waals surface area contributed by atoms with Gasteiger partial charge in [0.15, 0.2) is 11.8 Å². The van der Waals surface area contributed by atoms with Gasteiger partial charge in [-0.3, -0.25) is 4.98 Å². The lowest BCUT2D eigenvalue weighted by molar-refractivity contribution is -0.660. The second kappa shape index (κ2) is 5.15. The zero-order valence-electron chi connectivity index (χ0n) is 14.2. The summed E-state index contributed by atoms with van der Waals surface area (Å²) >= 11 is 0. The number of nitrogens with zero attached hydrogens (tertiary/aromatic N) is 2. The first-order valence-electron chi connectivity index (χ1n) is 8.39. The van der Waals surface area contributed by atoms with Crippen LogP contribution in [0.15, 0.2) is 71.4 Å². The van der Waals surface area contributed by atoms with Gasteiger partial charge in [0.05, 0.1) is 16.5 Å². The topological polar surface area (TPSA) is 29.9 Å². The lowest BCUT2D eigenvalue weighted by Gasteiger charge is -2.09. The van der Waals surface area contributed by atoms with Gasteiger partial charge >= 0.3 is 0 Å². The van der Waals surface area contributed by atoms with Gasteiger partial charge in [-0.1, -0.05) is 24.3 Å². The molecule has 0 bridgehead atoms. The molecule has 25 heavy (non-hydrogen) atoms. The smallest absolute Gasteiger partial charge is 0.216 e. The number of furan rings is 1. The lowest BCUT2D eigenvalue weighted by Crippen LogP contribution is -2.30. The summed E-state index contributed by atoms with van der Waals surface area (Å²) in [5, 5.41) is 3.37. The molecule has 3 heterocycles. The Morgan fingerprint density at radius 1 is 0.920 bits per heavy atom. The standard InChI is InChI=1S/C22H17N2O/c1-14-15-9-7-12-23-21(15)20-16-8-3-4-11-18(16)25-22(20)19(14)17-10-5-6-13-24(17)2/h3-13H,1-2H3/q+1. The predicted octanol–water partition coefficient (Wildman–Crippen LogP) is 4.93. The van der Waals surface area contributed by atoms with Crippen LogP contribution in [0, 0.1) is 6.92 Å². The molecule has 0 saturated carbocycles. The summed E-state index contributed by atoms with van der Waals surface area (Å²) in [5.41, 5.74) is 6.27. The third-order valence-corrected chi connectivity index (χ3v) is 4.96. The van der Waals surface area contributed by atoms with Gasteiger partial charge in [-0.2, -0.15) is 0 Å². The summed E-state index contributed by atoms with van der Waals surface area (Å²) < 4.78 is 8.46. The molecule has 3 aromatic heterocycles. The molecule has 0 radical (unpaired) electrons. The van der Waals surface area contributed by atoms with Crippen molar-refractivity contribution in [2.45, 2.75) is 6.92 Å². The maximum Gasteiger partial charge on any atom is 0.216 e. The van der Waals surface area contributed by atoms with Crippen molar-refractivity contribution < 1.29 is 8.98 Å². The van der Waals surface area contributed by atoms with Crippen molar-refractivity contribution in [1.29, 1.82) is 0 Å². The van der Waals surface area contributed by atoms with Crippen molar-refractivity contribution in [3.63, 3.8) is 0 Å². The number of hydrogen-bond acceptors (Lipinski definition) is 2. The Balaban J connectivity index is 2.10. The summed E-state index contributed by atoms with van der Waals surface area (Å²) in [6.07, 6.45) is 3.92. The van der Waals surface area contributed by atoms with E-state index in [1.165, 1.54) is 10.9 Å². The van der Waals surface area contributed by atoms with E-state index in [1.54, 1.807) is 0 Å². The molecule has 0 unspecified atom stereocenters. The number of aryl methyl sites for hydroxylation is 2. The highest BCUT2D eigenvalue weighted by atomic mass is 16.3. The van der Waals surface area contributed by atoms with E-state index < -0.39 is 0 Å². The Labute approximate surface area is 145 Å². The molecular formula is C22H17N2O+. The Kier molecular flexibility index (Phi) is 2.92. The molecule has 0 amide bonds. The minimum absolute atomic E-state index is 0.898. The molecule has 3 heteroatoms. The van der Waals surface area contributed by atoms with E-state index in [-0.39, 0.29) is 0 Å². The van der Waals surface area contributed by atoms with Gasteiger partial charge in [-0.15, -0.1) is 0 Å². The largest absolute Gasteiger partial charge is 0.455 e. The average Bonchev–Trinajstić information content (AvgIpc) is 3.02. The monoisotopic (exact) mass is 325 g/mol. The second-order valence-electron chi connectivity index (χ2n) is 6.40. The summed E-state index contributed by atoms with van der Waals surface area (Å²) in [5.74, 6) is 0. The van der Waals surface area contributed by atoms with Crippen LogP contribution in [0.1, 0.15) is 5.56 Å². The van der Waals surface area contributed by atoms with Crippen molar-refractivity contribution in [2.75, 3.05) is 0 Å². The molecule has 3 nitrogen and oxygen atoms in total. The number of benzene rings is 2. The Bertz CT molecular complexity index is 1270. The van der Waals surface area contributed by atoms with Gasteiger partial charge in [0, 0.05) is 29.1 Å². The predicted molar refractivity (Wildman–Crippen MR) is 100 cm³/mol. The highest BCUT2D eigenvalue weighted by molar-refractivity contribution is 6.22. The first kappa shape index (κ1) is 14.2. The van der Waals surface area contributed by atoms with Crippen LogP contribution < -0.4 is 4.57 Å².